The van der Waals surface area contributed by atoms with E-state index in [1.807, 2.05) is 6.07 Å². The number of nitrogens with zero attached hydrogens (tertiary/aromatic N) is 1. The molecule has 0 unspecified atom stereocenters. The van der Waals surface area contributed by atoms with Gasteiger partial charge in [-0.2, -0.15) is 0 Å². The van der Waals surface area contributed by atoms with Gasteiger partial charge < -0.3 is 20.6 Å². The minimum atomic E-state index is -0.685. The second kappa shape index (κ2) is 9.14. The van der Waals surface area contributed by atoms with E-state index < -0.39 is 17.5 Å². The molecular weight excluding hydrogens is 436 g/mol. The Hall–Kier alpha value is -3.16. The number of hydrogen-bond acceptors (Lipinski definition) is 4. The van der Waals surface area contributed by atoms with E-state index in [1.165, 1.54) is 25.1 Å². The van der Waals surface area contributed by atoms with Gasteiger partial charge in [-0.1, -0.05) is 23.7 Å². The molecule has 166 valence electrons. The smallest absolute Gasteiger partial charge is 0.221 e. The van der Waals surface area contributed by atoms with Crippen LogP contribution in [0.25, 0.3) is 22.3 Å². The molecule has 0 bridgehead atoms. The first-order valence-corrected chi connectivity index (χ1v) is 10.6. The first kappa shape index (κ1) is 22.0. The lowest BCUT2D eigenvalue weighted by Gasteiger charge is -2.30. The van der Waals surface area contributed by atoms with E-state index in [0.717, 1.165) is 44.0 Å². The molecule has 0 saturated carbocycles. The van der Waals surface area contributed by atoms with Gasteiger partial charge in [0.1, 0.15) is 17.4 Å². The molecule has 1 aliphatic heterocycles. The molecule has 3 N–H and O–H groups in total. The number of carbonyl (C=O) groups is 1. The number of phenolic OH excluding ortho intramolecular Hbond substituents is 1. The number of amides is 1. The topological polar surface area (TPSA) is 64.6 Å². The Morgan fingerprint density at radius 2 is 1.66 bits per heavy atom. The zero-order chi connectivity index (χ0) is 22.8. The fraction of sp³-hybridized carbons (Fsp3) is 0.208. The largest absolute Gasteiger partial charge is 0.507 e. The summed E-state index contributed by atoms with van der Waals surface area (Å²) in [4.78, 5) is 13.3. The maximum absolute atomic E-state index is 14.6. The molecule has 3 aromatic carbocycles. The Balaban J connectivity index is 1.76. The summed E-state index contributed by atoms with van der Waals surface area (Å²) in [7, 11) is 0. The van der Waals surface area contributed by atoms with Crippen molar-refractivity contribution < 1.29 is 18.7 Å². The highest BCUT2D eigenvalue weighted by atomic mass is 35.5. The van der Waals surface area contributed by atoms with Crippen LogP contribution in [-0.2, 0) is 4.79 Å². The number of halogens is 3. The predicted molar refractivity (Wildman–Crippen MR) is 123 cm³/mol. The third-order valence-electron chi connectivity index (χ3n) is 5.38. The molecule has 5 nitrogen and oxygen atoms in total. The number of nitrogens with one attached hydrogen (secondary N) is 2. The van der Waals surface area contributed by atoms with E-state index in [0.29, 0.717) is 10.6 Å². The van der Waals surface area contributed by atoms with Crippen LogP contribution in [0.4, 0.5) is 20.2 Å². The summed E-state index contributed by atoms with van der Waals surface area (Å²) >= 11 is 6.41. The number of aromatic hydroxyl groups is 1. The third-order valence-corrected chi connectivity index (χ3v) is 5.70. The van der Waals surface area contributed by atoms with Crippen molar-refractivity contribution >= 4 is 28.9 Å². The van der Waals surface area contributed by atoms with Crippen molar-refractivity contribution in [1.29, 1.82) is 0 Å². The normalized spacial score (nSPS) is 13.8. The van der Waals surface area contributed by atoms with E-state index >= 15 is 0 Å². The first-order valence-electron chi connectivity index (χ1n) is 10.2. The van der Waals surface area contributed by atoms with Gasteiger partial charge in [0.2, 0.25) is 5.91 Å². The minimum absolute atomic E-state index is 0.00994. The summed E-state index contributed by atoms with van der Waals surface area (Å²) in [6, 6.07) is 11.7. The maximum Gasteiger partial charge on any atom is 0.221 e. The highest BCUT2D eigenvalue weighted by Crippen LogP contribution is 2.41. The summed E-state index contributed by atoms with van der Waals surface area (Å²) in [5.74, 6) is -1.84. The molecule has 1 fully saturated rings. The maximum atomic E-state index is 14.6. The van der Waals surface area contributed by atoms with Gasteiger partial charge in [-0.25, -0.2) is 8.78 Å². The molecule has 1 amide bonds. The van der Waals surface area contributed by atoms with Crippen LogP contribution in [0.15, 0.2) is 48.5 Å². The molecule has 0 atom stereocenters. The second-order valence-electron chi connectivity index (χ2n) is 7.63. The van der Waals surface area contributed by atoms with Gasteiger partial charge in [0.15, 0.2) is 0 Å². The quantitative estimate of drug-likeness (QED) is 0.514. The van der Waals surface area contributed by atoms with Crippen molar-refractivity contribution in [3.8, 4) is 28.0 Å². The fourth-order valence-corrected chi connectivity index (χ4v) is 4.08. The van der Waals surface area contributed by atoms with Gasteiger partial charge in [0.25, 0.3) is 0 Å². The lowest BCUT2D eigenvalue weighted by Crippen LogP contribution is -2.43. The fourth-order valence-electron chi connectivity index (χ4n) is 3.84. The Bertz CT molecular complexity index is 1180. The van der Waals surface area contributed by atoms with Crippen LogP contribution in [0.3, 0.4) is 0 Å². The van der Waals surface area contributed by atoms with Crippen molar-refractivity contribution in [2.24, 2.45) is 0 Å². The molecule has 0 aromatic heterocycles. The first-order chi connectivity index (χ1) is 15.3. The predicted octanol–water partition coefficient (Wildman–Crippen LogP) is 5.03. The Morgan fingerprint density at radius 3 is 2.28 bits per heavy atom. The van der Waals surface area contributed by atoms with E-state index in [4.69, 9.17) is 11.6 Å². The zero-order valence-corrected chi connectivity index (χ0v) is 18.1. The SMILES string of the molecule is CC(=O)Nc1ccc(-c2cc(F)cc(-c3ccc(Cl)c(N4CCNCC4)c3)c2O)cc1F. The molecule has 32 heavy (non-hydrogen) atoms. The molecule has 8 heteroatoms. The number of hydrogen-bond donors (Lipinski definition) is 3. The number of anilines is 2. The lowest BCUT2D eigenvalue weighted by atomic mass is 9.96. The average molecular weight is 458 g/mol. The molecule has 3 aromatic rings. The Morgan fingerprint density at radius 1 is 1.03 bits per heavy atom. The molecule has 1 saturated heterocycles. The second-order valence-corrected chi connectivity index (χ2v) is 8.04. The van der Waals surface area contributed by atoms with Crippen molar-refractivity contribution in [1.82, 2.24) is 5.32 Å². The zero-order valence-electron chi connectivity index (χ0n) is 17.4. The van der Waals surface area contributed by atoms with Crippen LogP contribution in [-0.4, -0.2) is 37.2 Å². The number of benzene rings is 3. The standard InChI is InChI=1S/C24H22ClF2N3O2/c1-14(31)29-22-5-3-15(10-21(22)27)18-12-17(26)13-19(24(18)32)16-2-4-20(25)23(11-16)30-8-6-28-7-9-30/h2-5,10-13,28,32H,6-9H2,1H3,(H,29,31). The van der Waals surface area contributed by atoms with Gasteiger partial charge >= 0.3 is 0 Å². The number of piperazine rings is 1. The van der Waals surface area contributed by atoms with E-state index in [-0.39, 0.29) is 28.1 Å². The Kier molecular flexibility index (Phi) is 6.30. The third kappa shape index (κ3) is 4.54. The van der Waals surface area contributed by atoms with Crippen molar-refractivity contribution in [3.05, 3.63) is 65.2 Å². The molecule has 1 heterocycles. The van der Waals surface area contributed by atoms with Gasteiger partial charge in [0, 0.05) is 44.2 Å². The molecule has 0 spiro atoms. The number of carbonyl (C=O) groups excluding carboxylic acids is 1. The Labute approximate surface area is 189 Å². The van der Waals surface area contributed by atoms with Gasteiger partial charge in [-0.3, -0.25) is 4.79 Å². The summed E-state index contributed by atoms with van der Waals surface area (Å²) < 4.78 is 29.0. The van der Waals surface area contributed by atoms with E-state index in [1.54, 1.807) is 12.1 Å². The molecule has 4 rings (SSSR count). The summed E-state index contributed by atoms with van der Waals surface area (Å²) in [5, 5.41) is 17.2. The van der Waals surface area contributed by atoms with Crippen molar-refractivity contribution in [2.45, 2.75) is 6.92 Å². The number of rotatable bonds is 4. The summed E-state index contributed by atoms with van der Waals surface area (Å²) in [6.45, 7) is 4.50. The van der Waals surface area contributed by atoms with Gasteiger partial charge in [0.05, 0.1) is 16.4 Å². The van der Waals surface area contributed by atoms with Crippen LogP contribution < -0.4 is 15.5 Å². The molecule has 0 radical (unpaired) electrons. The highest BCUT2D eigenvalue weighted by molar-refractivity contribution is 6.33. The molecule has 1 aliphatic rings. The van der Waals surface area contributed by atoms with Crippen LogP contribution in [0.5, 0.6) is 5.75 Å². The lowest BCUT2D eigenvalue weighted by molar-refractivity contribution is -0.114. The van der Waals surface area contributed by atoms with Crippen molar-refractivity contribution in [2.75, 3.05) is 36.4 Å². The number of phenols is 1. The van der Waals surface area contributed by atoms with Gasteiger partial charge in [-0.05, 0) is 47.5 Å². The monoisotopic (exact) mass is 457 g/mol. The van der Waals surface area contributed by atoms with Crippen molar-refractivity contribution in [3.63, 3.8) is 0 Å². The van der Waals surface area contributed by atoms with Crippen LogP contribution in [0.1, 0.15) is 6.92 Å². The van der Waals surface area contributed by atoms with Crippen LogP contribution >= 0.6 is 11.6 Å². The molecular formula is C24H22ClF2N3O2. The highest BCUT2D eigenvalue weighted by Gasteiger charge is 2.19. The average Bonchev–Trinajstić information content (AvgIpc) is 2.77. The van der Waals surface area contributed by atoms with Gasteiger partial charge in [-0.15, -0.1) is 0 Å². The van der Waals surface area contributed by atoms with E-state index in [9.17, 15) is 18.7 Å². The summed E-state index contributed by atoms with van der Waals surface area (Å²) in [5.41, 5.74) is 2.12. The minimum Gasteiger partial charge on any atom is -0.507 e. The van der Waals surface area contributed by atoms with E-state index in [2.05, 4.69) is 15.5 Å². The molecule has 0 aliphatic carbocycles. The van der Waals surface area contributed by atoms with Crippen LogP contribution in [0, 0.1) is 11.6 Å². The van der Waals surface area contributed by atoms with Crippen LogP contribution in [0.2, 0.25) is 5.02 Å². The summed E-state index contributed by atoms with van der Waals surface area (Å²) in [6.07, 6.45) is 0.